The van der Waals surface area contributed by atoms with Gasteiger partial charge in [-0.2, -0.15) is 0 Å². The van der Waals surface area contributed by atoms with Crippen LogP contribution >= 0.6 is 23.4 Å². The molecule has 0 atom stereocenters. The highest BCUT2D eigenvalue weighted by Crippen LogP contribution is 2.36. The number of carbonyl (C=O) groups excluding carboxylic acids is 1. The first-order valence-electron chi connectivity index (χ1n) is 5.42. The van der Waals surface area contributed by atoms with Gasteiger partial charge in [-0.25, -0.2) is 9.78 Å². The minimum atomic E-state index is -0.569. The van der Waals surface area contributed by atoms with Crippen molar-refractivity contribution in [3.63, 3.8) is 0 Å². The number of nitrogens with one attached hydrogen (secondary N) is 1. The number of nitrogen functional groups attached to an aromatic ring is 1. The highest BCUT2D eigenvalue weighted by molar-refractivity contribution is 7.99. The van der Waals surface area contributed by atoms with Crippen LogP contribution in [0.15, 0.2) is 39.2 Å². The Morgan fingerprint density at radius 1 is 1.50 bits per heavy atom. The predicted octanol–water partition coefficient (Wildman–Crippen LogP) is 1.94. The predicted molar refractivity (Wildman–Crippen MR) is 76.2 cm³/mol. The van der Waals surface area contributed by atoms with Crippen molar-refractivity contribution in [3.8, 4) is 0 Å². The third kappa shape index (κ3) is 3.12. The molecule has 0 unspecified atom stereocenters. The van der Waals surface area contributed by atoms with Gasteiger partial charge in [0.15, 0.2) is 5.16 Å². The molecule has 2 aromatic rings. The quantitative estimate of drug-likeness (QED) is 0.510. The molecule has 0 radical (unpaired) electrons. The van der Waals surface area contributed by atoms with Gasteiger partial charge in [0.25, 0.3) is 5.56 Å². The van der Waals surface area contributed by atoms with Crippen molar-refractivity contribution < 1.29 is 9.53 Å². The molecule has 0 aliphatic heterocycles. The number of H-pyrrole nitrogens is 1. The molecule has 1 aromatic heterocycles. The summed E-state index contributed by atoms with van der Waals surface area (Å²) in [5.41, 5.74) is 5.92. The first-order chi connectivity index (χ1) is 9.51. The van der Waals surface area contributed by atoms with Crippen LogP contribution in [0.1, 0.15) is 10.4 Å². The summed E-state index contributed by atoms with van der Waals surface area (Å²) in [6.45, 7) is 0. The number of aromatic amines is 1. The summed E-state index contributed by atoms with van der Waals surface area (Å²) in [7, 11) is 1.26. The summed E-state index contributed by atoms with van der Waals surface area (Å²) in [6, 6.07) is 4.26. The molecule has 3 N–H and O–H groups in total. The van der Waals surface area contributed by atoms with Gasteiger partial charge in [-0.1, -0.05) is 11.6 Å². The Kier molecular flexibility index (Phi) is 4.31. The Labute approximate surface area is 123 Å². The molecule has 2 rings (SSSR count). The number of nitrogens with two attached hydrogens (primary N) is 1. The van der Waals surface area contributed by atoms with Crippen LogP contribution in [0, 0.1) is 0 Å². The average molecular weight is 312 g/mol. The number of aromatic nitrogens is 2. The molecule has 0 saturated carbocycles. The number of halogens is 1. The van der Waals surface area contributed by atoms with E-state index in [0.717, 1.165) is 11.8 Å². The fourth-order valence-electron chi connectivity index (χ4n) is 1.48. The zero-order valence-corrected chi connectivity index (χ0v) is 11.9. The maximum Gasteiger partial charge on any atom is 0.339 e. The molecule has 0 amide bonds. The molecule has 20 heavy (non-hydrogen) atoms. The number of anilines is 1. The molecule has 0 saturated heterocycles. The van der Waals surface area contributed by atoms with E-state index in [-0.39, 0.29) is 16.1 Å². The summed E-state index contributed by atoms with van der Waals surface area (Å²) in [5.74, 6) is -0.569. The van der Waals surface area contributed by atoms with E-state index in [9.17, 15) is 9.59 Å². The lowest BCUT2D eigenvalue weighted by Gasteiger charge is -2.10. The van der Waals surface area contributed by atoms with Crippen LogP contribution in [0.2, 0.25) is 5.02 Å². The molecular weight excluding hydrogens is 302 g/mol. The van der Waals surface area contributed by atoms with Crippen LogP contribution < -0.4 is 11.3 Å². The van der Waals surface area contributed by atoms with Gasteiger partial charge in [-0.05, 0) is 23.9 Å². The monoisotopic (exact) mass is 311 g/mol. The Hall–Kier alpha value is -1.99. The molecule has 0 bridgehead atoms. The lowest BCUT2D eigenvalue weighted by molar-refractivity contribution is 0.0597. The second-order valence-corrected chi connectivity index (χ2v) is 5.12. The van der Waals surface area contributed by atoms with E-state index in [0.29, 0.717) is 15.7 Å². The first kappa shape index (κ1) is 14.4. The van der Waals surface area contributed by atoms with E-state index < -0.39 is 5.97 Å². The molecule has 1 aromatic carbocycles. The van der Waals surface area contributed by atoms with Gasteiger partial charge < -0.3 is 15.5 Å². The van der Waals surface area contributed by atoms with Crippen molar-refractivity contribution in [2.45, 2.75) is 10.1 Å². The van der Waals surface area contributed by atoms with Crippen LogP contribution in [-0.2, 0) is 4.74 Å². The minimum absolute atomic E-state index is 0.217. The van der Waals surface area contributed by atoms with E-state index in [4.69, 9.17) is 17.3 Å². The van der Waals surface area contributed by atoms with E-state index in [1.54, 1.807) is 0 Å². The largest absolute Gasteiger partial charge is 0.465 e. The van der Waals surface area contributed by atoms with Crippen LogP contribution in [0.3, 0.4) is 0 Å². The van der Waals surface area contributed by atoms with Gasteiger partial charge in [0.2, 0.25) is 0 Å². The number of hydrogen-bond acceptors (Lipinski definition) is 6. The molecule has 6 nitrogen and oxygen atoms in total. The minimum Gasteiger partial charge on any atom is -0.465 e. The van der Waals surface area contributed by atoms with Gasteiger partial charge in [0, 0.05) is 22.8 Å². The van der Waals surface area contributed by atoms with Crippen LogP contribution in [-0.4, -0.2) is 23.0 Å². The first-order valence-corrected chi connectivity index (χ1v) is 6.61. The summed E-state index contributed by atoms with van der Waals surface area (Å²) in [4.78, 5) is 29.9. The average Bonchev–Trinajstić information content (AvgIpc) is 2.40. The van der Waals surface area contributed by atoms with E-state index >= 15 is 0 Å². The van der Waals surface area contributed by atoms with E-state index in [1.807, 2.05) is 0 Å². The molecular formula is C12H10ClN3O3S. The van der Waals surface area contributed by atoms with Crippen molar-refractivity contribution in [1.82, 2.24) is 9.97 Å². The number of benzene rings is 1. The molecule has 8 heteroatoms. The summed E-state index contributed by atoms with van der Waals surface area (Å²) in [5, 5.41) is 0.594. The van der Waals surface area contributed by atoms with Gasteiger partial charge in [-0.3, -0.25) is 4.79 Å². The van der Waals surface area contributed by atoms with E-state index in [2.05, 4.69) is 14.7 Å². The SMILES string of the molecule is COC(=O)c1cc(N)cc(Cl)c1Sc1nccc(=O)[nH]1. The lowest BCUT2D eigenvalue weighted by Crippen LogP contribution is -2.07. The second kappa shape index (κ2) is 5.98. The Bertz CT molecular complexity index is 717. The zero-order chi connectivity index (χ0) is 14.7. The fraction of sp³-hybridized carbons (Fsp3) is 0.0833. The number of carbonyl (C=O) groups is 1. The summed E-state index contributed by atoms with van der Waals surface area (Å²) < 4.78 is 4.69. The Morgan fingerprint density at radius 3 is 2.90 bits per heavy atom. The maximum absolute atomic E-state index is 11.8. The van der Waals surface area contributed by atoms with Crippen molar-refractivity contribution in [1.29, 1.82) is 0 Å². The summed E-state index contributed by atoms with van der Waals surface area (Å²) in [6.07, 6.45) is 1.37. The molecule has 1 heterocycles. The van der Waals surface area contributed by atoms with Crippen LogP contribution in [0.4, 0.5) is 5.69 Å². The fourth-order valence-corrected chi connectivity index (χ4v) is 2.69. The highest BCUT2D eigenvalue weighted by atomic mass is 35.5. The number of ether oxygens (including phenoxy) is 1. The normalized spacial score (nSPS) is 10.3. The zero-order valence-electron chi connectivity index (χ0n) is 10.3. The van der Waals surface area contributed by atoms with Gasteiger partial charge in [0.1, 0.15) is 0 Å². The second-order valence-electron chi connectivity index (χ2n) is 3.71. The van der Waals surface area contributed by atoms with Crippen molar-refractivity contribution in [2.75, 3.05) is 12.8 Å². The standard InChI is InChI=1S/C12H10ClN3O3S/c1-19-11(18)7-4-6(14)5-8(13)10(7)20-12-15-3-2-9(17)16-12/h2-5H,14H2,1H3,(H,15,16,17). The Balaban J connectivity index is 2.50. The van der Waals surface area contributed by atoms with Crippen molar-refractivity contribution in [2.24, 2.45) is 0 Å². The molecule has 104 valence electrons. The Morgan fingerprint density at radius 2 is 2.25 bits per heavy atom. The van der Waals surface area contributed by atoms with Gasteiger partial charge in [-0.15, -0.1) is 0 Å². The lowest BCUT2D eigenvalue weighted by atomic mass is 10.2. The van der Waals surface area contributed by atoms with Gasteiger partial charge in [0.05, 0.1) is 17.7 Å². The van der Waals surface area contributed by atoms with Crippen molar-refractivity contribution >= 4 is 35.0 Å². The van der Waals surface area contributed by atoms with Crippen LogP contribution in [0.5, 0.6) is 0 Å². The van der Waals surface area contributed by atoms with Crippen LogP contribution in [0.25, 0.3) is 0 Å². The molecule has 0 aliphatic rings. The number of nitrogens with zero attached hydrogens (tertiary/aromatic N) is 1. The highest BCUT2D eigenvalue weighted by Gasteiger charge is 2.18. The topological polar surface area (TPSA) is 98.1 Å². The van der Waals surface area contributed by atoms with Gasteiger partial charge >= 0.3 is 5.97 Å². The number of methoxy groups -OCH3 is 1. The third-order valence-corrected chi connectivity index (χ3v) is 3.77. The van der Waals surface area contributed by atoms with E-state index in [1.165, 1.54) is 31.5 Å². The smallest absolute Gasteiger partial charge is 0.339 e. The third-order valence-electron chi connectivity index (χ3n) is 2.32. The number of esters is 1. The number of hydrogen-bond donors (Lipinski definition) is 2. The molecule has 0 fully saturated rings. The number of rotatable bonds is 3. The summed E-state index contributed by atoms with van der Waals surface area (Å²) >= 11 is 7.15. The molecule has 0 aliphatic carbocycles. The molecule has 0 spiro atoms. The maximum atomic E-state index is 11.8. The van der Waals surface area contributed by atoms with Crippen molar-refractivity contribution in [3.05, 3.63) is 45.3 Å².